The van der Waals surface area contributed by atoms with E-state index >= 15 is 0 Å². The summed E-state index contributed by atoms with van der Waals surface area (Å²) in [5.41, 5.74) is -1.56. The van der Waals surface area contributed by atoms with Crippen molar-refractivity contribution < 1.29 is 19.4 Å². The van der Waals surface area contributed by atoms with Crippen LogP contribution < -0.4 is 0 Å². The molecular formula is C9H12O4. The van der Waals surface area contributed by atoms with Crippen molar-refractivity contribution in [3.8, 4) is 11.8 Å². The number of methoxy groups -OCH3 is 1. The van der Waals surface area contributed by atoms with Crippen molar-refractivity contribution in [3.05, 3.63) is 0 Å². The van der Waals surface area contributed by atoms with Crippen LogP contribution in [0.4, 0.5) is 0 Å². The normalized spacial score (nSPS) is 13.5. The van der Waals surface area contributed by atoms with Gasteiger partial charge in [0, 0.05) is 6.42 Å². The molecule has 4 nitrogen and oxygen atoms in total. The first-order chi connectivity index (χ1) is 5.99. The Labute approximate surface area is 76.9 Å². The first kappa shape index (κ1) is 11.5. The van der Waals surface area contributed by atoms with Crippen LogP contribution in [0.15, 0.2) is 0 Å². The number of carboxylic acids is 1. The fourth-order valence-electron chi connectivity index (χ4n) is 0.726. The van der Waals surface area contributed by atoms with Gasteiger partial charge in [-0.05, 0) is 13.8 Å². The van der Waals surface area contributed by atoms with E-state index in [2.05, 4.69) is 16.6 Å². The SMILES string of the molecule is CC#CCC(C)(C(=O)O)C(=O)OC. The fraction of sp³-hybridized carbons (Fsp3) is 0.556. The third kappa shape index (κ3) is 2.48. The average Bonchev–Trinajstić information content (AvgIpc) is 2.12. The summed E-state index contributed by atoms with van der Waals surface area (Å²) in [6.07, 6.45) is -0.0362. The smallest absolute Gasteiger partial charge is 0.323 e. The monoisotopic (exact) mass is 184 g/mol. The molecule has 72 valence electrons. The van der Waals surface area contributed by atoms with E-state index in [0.717, 1.165) is 7.11 Å². The summed E-state index contributed by atoms with van der Waals surface area (Å²) < 4.78 is 4.39. The van der Waals surface area contributed by atoms with E-state index in [1.54, 1.807) is 6.92 Å². The zero-order chi connectivity index (χ0) is 10.5. The summed E-state index contributed by atoms with van der Waals surface area (Å²) in [6.45, 7) is 2.88. The van der Waals surface area contributed by atoms with Gasteiger partial charge < -0.3 is 9.84 Å². The third-order valence-corrected chi connectivity index (χ3v) is 1.73. The van der Waals surface area contributed by atoms with Crippen LogP contribution in [-0.2, 0) is 14.3 Å². The number of rotatable bonds is 3. The van der Waals surface area contributed by atoms with Gasteiger partial charge in [-0.1, -0.05) is 0 Å². The van der Waals surface area contributed by atoms with Gasteiger partial charge in [-0.15, -0.1) is 11.8 Å². The van der Waals surface area contributed by atoms with Gasteiger partial charge in [-0.25, -0.2) is 0 Å². The van der Waals surface area contributed by atoms with Crippen LogP contribution in [0, 0.1) is 17.3 Å². The van der Waals surface area contributed by atoms with Crippen molar-refractivity contribution in [2.45, 2.75) is 20.3 Å². The predicted molar refractivity (Wildman–Crippen MR) is 45.8 cm³/mol. The van der Waals surface area contributed by atoms with Crippen LogP contribution in [0.1, 0.15) is 20.3 Å². The number of ether oxygens (including phenoxy) is 1. The number of esters is 1. The first-order valence-electron chi connectivity index (χ1n) is 3.70. The average molecular weight is 184 g/mol. The summed E-state index contributed by atoms with van der Waals surface area (Å²) in [4.78, 5) is 21.9. The first-order valence-corrected chi connectivity index (χ1v) is 3.70. The molecule has 1 atom stereocenters. The maximum Gasteiger partial charge on any atom is 0.323 e. The standard InChI is InChI=1S/C9H12O4/c1-4-5-6-9(2,7(10)11)8(12)13-3/h6H2,1-3H3,(H,10,11). The molecule has 0 saturated carbocycles. The van der Waals surface area contributed by atoms with Crippen LogP contribution in [0.25, 0.3) is 0 Å². The number of hydrogen-bond donors (Lipinski definition) is 1. The molecule has 13 heavy (non-hydrogen) atoms. The second-order valence-electron chi connectivity index (χ2n) is 2.73. The molecule has 0 aromatic rings. The Hall–Kier alpha value is -1.50. The van der Waals surface area contributed by atoms with Gasteiger partial charge in [-0.2, -0.15) is 0 Å². The van der Waals surface area contributed by atoms with Crippen molar-refractivity contribution in [3.63, 3.8) is 0 Å². The maximum absolute atomic E-state index is 11.1. The second-order valence-corrected chi connectivity index (χ2v) is 2.73. The van der Waals surface area contributed by atoms with E-state index in [1.165, 1.54) is 6.92 Å². The van der Waals surface area contributed by atoms with Gasteiger partial charge in [0.15, 0.2) is 5.41 Å². The van der Waals surface area contributed by atoms with Gasteiger partial charge >= 0.3 is 11.9 Å². The maximum atomic E-state index is 11.1. The molecule has 1 unspecified atom stereocenters. The quantitative estimate of drug-likeness (QED) is 0.397. The number of aliphatic carboxylic acids is 1. The Balaban J connectivity index is 4.79. The molecule has 0 spiro atoms. The molecule has 0 aromatic heterocycles. The Morgan fingerprint density at radius 3 is 2.38 bits per heavy atom. The molecule has 4 heteroatoms. The highest BCUT2D eigenvalue weighted by atomic mass is 16.5. The fourth-order valence-corrected chi connectivity index (χ4v) is 0.726. The number of carbonyl (C=O) groups excluding carboxylic acids is 1. The van der Waals surface area contributed by atoms with E-state index in [1.807, 2.05) is 0 Å². The van der Waals surface area contributed by atoms with Gasteiger partial charge in [0.2, 0.25) is 0 Å². The van der Waals surface area contributed by atoms with Crippen molar-refractivity contribution in [1.29, 1.82) is 0 Å². The molecule has 0 saturated heterocycles. The van der Waals surface area contributed by atoms with E-state index in [9.17, 15) is 9.59 Å². The van der Waals surface area contributed by atoms with E-state index < -0.39 is 17.4 Å². The Bertz CT molecular complexity index is 271. The Morgan fingerprint density at radius 1 is 1.54 bits per heavy atom. The molecule has 0 amide bonds. The van der Waals surface area contributed by atoms with Crippen molar-refractivity contribution in [2.24, 2.45) is 5.41 Å². The number of carboxylic acid groups (broad SMARTS) is 1. The second kappa shape index (κ2) is 4.51. The molecule has 0 fully saturated rings. The molecule has 0 aliphatic carbocycles. The van der Waals surface area contributed by atoms with Gasteiger partial charge in [0.1, 0.15) is 0 Å². The van der Waals surface area contributed by atoms with E-state index in [0.29, 0.717) is 0 Å². The van der Waals surface area contributed by atoms with Gasteiger partial charge in [0.05, 0.1) is 7.11 Å². The minimum atomic E-state index is -1.56. The molecule has 0 rings (SSSR count). The van der Waals surface area contributed by atoms with Gasteiger partial charge in [0.25, 0.3) is 0 Å². The highest BCUT2D eigenvalue weighted by Crippen LogP contribution is 2.22. The lowest BCUT2D eigenvalue weighted by Crippen LogP contribution is -2.37. The zero-order valence-electron chi connectivity index (χ0n) is 7.88. The summed E-state index contributed by atoms with van der Waals surface area (Å²) >= 11 is 0. The van der Waals surface area contributed by atoms with Crippen molar-refractivity contribution in [1.82, 2.24) is 0 Å². The van der Waals surface area contributed by atoms with Crippen LogP contribution in [0.5, 0.6) is 0 Å². The molecule has 1 N–H and O–H groups in total. The minimum Gasteiger partial charge on any atom is -0.480 e. The molecule has 0 radical (unpaired) electrons. The lowest BCUT2D eigenvalue weighted by atomic mass is 9.87. The topological polar surface area (TPSA) is 63.6 Å². The number of hydrogen-bond acceptors (Lipinski definition) is 3. The van der Waals surface area contributed by atoms with Crippen LogP contribution in [0.3, 0.4) is 0 Å². The Kier molecular flexibility index (Phi) is 3.99. The van der Waals surface area contributed by atoms with Crippen LogP contribution in [-0.4, -0.2) is 24.2 Å². The predicted octanol–water partition coefficient (Wildman–Crippen LogP) is 0.664. The van der Waals surface area contributed by atoms with Crippen LogP contribution in [0.2, 0.25) is 0 Å². The van der Waals surface area contributed by atoms with Crippen LogP contribution >= 0.6 is 0 Å². The van der Waals surface area contributed by atoms with Gasteiger partial charge in [-0.3, -0.25) is 9.59 Å². The van der Waals surface area contributed by atoms with E-state index in [-0.39, 0.29) is 6.42 Å². The largest absolute Gasteiger partial charge is 0.480 e. The lowest BCUT2D eigenvalue weighted by molar-refractivity contribution is -0.165. The number of carbonyl (C=O) groups is 2. The van der Waals surface area contributed by atoms with E-state index in [4.69, 9.17) is 5.11 Å². The zero-order valence-corrected chi connectivity index (χ0v) is 7.88. The summed E-state index contributed by atoms with van der Waals surface area (Å²) in [5, 5.41) is 8.79. The molecule has 0 aliphatic rings. The minimum absolute atomic E-state index is 0.0362. The molecule has 0 aliphatic heterocycles. The molecule has 0 aromatic carbocycles. The Morgan fingerprint density at radius 2 is 2.08 bits per heavy atom. The van der Waals surface area contributed by atoms with Crippen molar-refractivity contribution in [2.75, 3.05) is 7.11 Å². The molecule has 0 heterocycles. The lowest BCUT2D eigenvalue weighted by Gasteiger charge is -2.18. The van der Waals surface area contributed by atoms with Crippen molar-refractivity contribution >= 4 is 11.9 Å². The highest BCUT2D eigenvalue weighted by molar-refractivity contribution is 5.98. The summed E-state index contributed by atoms with van der Waals surface area (Å²) in [7, 11) is 1.16. The highest BCUT2D eigenvalue weighted by Gasteiger charge is 2.41. The molecular weight excluding hydrogens is 172 g/mol. The third-order valence-electron chi connectivity index (χ3n) is 1.73. The summed E-state index contributed by atoms with van der Waals surface area (Å²) in [5.74, 6) is 3.09. The summed E-state index contributed by atoms with van der Waals surface area (Å²) in [6, 6.07) is 0. The molecule has 0 bridgehead atoms.